The molecule has 0 saturated carbocycles. The Bertz CT molecular complexity index is 926. The number of rotatable bonds is 18. The van der Waals surface area contributed by atoms with E-state index in [0.717, 1.165) is 0 Å². The molecule has 9 N–H and O–H groups in total. The van der Waals surface area contributed by atoms with Crippen molar-refractivity contribution in [2.24, 2.45) is 22.4 Å². The van der Waals surface area contributed by atoms with E-state index >= 15 is 0 Å². The molecule has 0 radical (unpaired) electrons. The van der Waals surface area contributed by atoms with E-state index in [0.29, 0.717) is 32.2 Å². The molecule has 0 aromatic carbocycles. The van der Waals surface area contributed by atoms with Crippen LogP contribution in [0.1, 0.15) is 65.2 Å². The number of nitrogens with two attached hydrogens (primary N) is 2. The lowest BCUT2D eigenvalue weighted by Gasteiger charge is -2.42. The summed E-state index contributed by atoms with van der Waals surface area (Å²) < 4.78 is 5.59. The first-order chi connectivity index (χ1) is 19.3. The number of likely N-dealkylation sites (N-methyl/N-ethyl adjacent to an activating group) is 1. The summed E-state index contributed by atoms with van der Waals surface area (Å²) >= 11 is 0. The van der Waals surface area contributed by atoms with Crippen molar-refractivity contribution in [1.82, 2.24) is 20.9 Å². The summed E-state index contributed by atoms with van der Waals surface area (Å²) in [5.74, 6) is -3.79. The van der Waals surface area contributed by atoms with Crippen LogP contribution in [-0.2, 0) is 28.7 Å². The summed E-state index contributed by atoms with van der Waals surface area (Å²) in [6.45, 7) is 4.53. The smallest absolute Gasteiger partial charge is 0.326 e. The zero-order valence-corrected chi connectivity index (χ0v) is 24.4. The molecular weight excluding hydrogens is 538 g/mol. The van der Waals surface area contributed by atoms with E-state index in [9.17, 15) is 29.1 Å². The minimum atomic E-state index is -1.39. The highest BCUT2D eigenvalue weighted by atomic mass is 16.5. The third kappa shape index (κ3) is 12.7. The van der Waals surface area contributed by atoms with Crippen LogP contribution in [0.5, 0.6) is 0 Å². The number of methoxy groups -OCH3 is 1. The van der Waals surface area contributed by atoms with Crippen molar-refractivity contribution in [3.05, 3.63) is 0 Å². The fraction of sp³-hybridized carbons (Fsp3) is 0.769. The van der Waals surface area contributed by atoms with Crippen LogP contribution in [0.2, 0.25) is 0 Å². The van der Waals surface area contributed by atoms with E-state index in [-0.39, 0.29) is 43.6 Å². The Morgan fingerprint density at radius 2 is 1.73 bits per heavy atom. The van der Waals surface area contributed by atoms with Gasteiger partial charge in [0.1, 0.15) is 12.1 Å². The summed E-state index contributed by atoms with van der Waals surface area (Å²) in [5, 5.41) is 26.5. The molecule has 15 heteroatoms. The number of carboxylic acids is 2. The van der Waals surface area contributed by atoms with Crippen LogP contribution in [0.4, 0.5) is 0 Å². The van der Waals surface area contributed by atoms with Gasteiger partial charge in [0, 0.05) is 33.0 Å². The van der Waals surface area contributed by atoms with Gasteiger partial charge in [-0.1, -0.05) is 13.8 Å². The van der Waals surface area contributed by atoms with Crippen LogP contribution in [0.15, 0.2) is 4.99 Å². The zero-order chi connectivity index (χ0) is 31.1. The Hall–Kier alpha value is -3.46. The molecule has 0 aromatic heterocycles. The van der Waals surface area contributed by atoms with E-state index in [1.165, 1.54) is 12.0 Å². The number of carboxylic acid groups (broad SMARTS) is 2. The minimum absolute atomic E-state index is 0.0860. The standard InChI is InChI=1S/C26H47N7O8/c1-15(2)13-18(29-3)23(37)32-16(7-5-11-30-26(27)28)24(38)33-12-6-8-20(41-4)19(33)14-21(34)31-17(25(39)40)9-10-22(35)36/h15-20,29H,5-14H2,1-4H3,(H,31,34)(H,32,37)(H,35,36)(H,39,40)(H4,27,28,30)/t16-,17-,18+,19+,20+/m0/s1. The summed E-state index contributed by atoms with van der Waals surface area (Å²) in [6.07, 6.45) is 0.871. The van der Waals surface area contributed by atoms with Crippen LogP contribution in [0.3, 0.4) is 0 Å². The maximum atomic E-state index is 13.9. The molecule has 0 bridgehead atoms. The van der Waals surface area contributed by atoms with E-state index in [4.69, 9.17) is 21.3 Å². The van der Waals surface area contributed by atoms with Gasteiger partial charge in [-0.05, 0) is 51.5 Å². The zero-order valence-electron chi connectivity index (χ0n) is 24.4. The lowest BCUT2D eigenvalue weighted by Crippen LogP contribution is -2.60. The van der Waals surface area contributed by atoms with Gasteiger partial charge < -0.3 is 47.3 Å². The Balaban J connectivity index is 3.17. The summed E-state index contributed by atoms with van der Waals surface area (Å²) in [6, 6.07) is -3.57. The molecule has 1 aliphatic rings. The van der Waals surface area contributed by atoms with Crippen LogP contribution in [-0.4, -0.2) is 108 Å². The molecule has 0 spiro atoms. The van der Waals surface area contributed by atoms with Crippen LogP contribution in [0, 0.1) is 5.92 Å². The van der Waals surface area contributed by atoms with Crippen molar-refractivity contribution >= 4 is 35.6 Å². The second-order valence-electron chi connectivity index (χ2n) is 10.6. The number of aliphatic carboxylic acids is 2. The lowest BCUT2D eigenvalue weighted by molar-refractivity contribution is -0.148. The molecule has 1 saturated heterocycles. The van der Waals surface area contributed by atoms with Crippen molar-refractivity contribution in [3.63, 3.8) is 0 Å². The van der Waals surface area contributed by atoms with Crippen LogP contribution < -0.4 is 27.4 Å². The van der Waals surface area contributed by atoms with Crippen molar-refractivity contribution in [1.29, 1.82) is 0 Å². The largest absolute Gasteiger partial charge is 0.481 e. The average Bonchev–Trinajstić information content (AvgIpc) is 2.90. The summed E-state index contributed by atoms with van der Waals surface area (Å²) in [7, 11) is 3.14. The van der Waals surface area contributed by atoms with E-state index in [2.05, 4.69) is 20.9 Å². The van der Waals surface area contributed by atoms with Gasteiger partial charge >= 0.3 is 11.9 Å². The fourth-order valence-corrected chi connectivity index (χ4v) is 4.84. The molecule has 1 fully saturated rings. The van der Waals surface area contributed by atoms with Gasteiger partial charge in [0.15, 0.2) is 5.96 Å². The molecule has 3 amide bonds. The molecule has 15 nitrogen and oxygen atoms in total. The maximum absolute atomic E-state index is 13.9. The number of hydrogen-bond donors (Lipinski definition) is 7. The van der Waals surface area contributed by atoms with Gasteiger partial charge in [-0.15, -0.1) is 0 Å². The van der Waals surface area contributed by atoms with E-state index < -0.39 is 60.4 Å². The van der Waals surface area contributed by atoms with Crippen molar-refractivity contribution in [2.75, 3.05) is 27.2 Å². The number of nitrogens with zero attached hydrogens (tertiary/aromatic N) is 2. The molecule has 234 valence electrons. The summed E-state index contributed by atoms with van der Waals surface area (Å²) in [4.78, 5) is 67.9. The number of aliphatic imine (C=N–C) groups is 1. The SMILES string of the molecule is CN[C@H](CC(C)C)C(=O)N[C@@H](CCCN=C(N)N)C(=O)N1CCC[C@@H](OC)[C@H]1CC(=O)N[C@@H](CCC(=O)O)C(=O)O. The van der Waals surface area contributed by atoms with Gasteiger partial charge in [0.25, 0.3) is 0 Å². The Morgan fingerprint density at radius 3 is 2.27 bits per heavy atom. The third-order valence-electron chi connectivity index (χ3n) is 6.91. The highest BCUT2D eigenvalue weighted by Crippen LogP contribution is 2.24. The van der Waals surface area contributed by atoms with Crippen LogP contribution in [0.25, 0.3) is 0 Å². The van der Waals surface area contributed by atoms with Gasteiger partial charge in [0.2, 0.25) is 17.7 Å². The second-order valence-corrected chi connectivity index (χ2v) is 10.6. The first-order valence-electron chi connectivity index (χ1n) is 13.9. The number of carbonyl (C=O) groups is 5. The number of carbonyl (C=O) groups excluding carboxylic acids is 3. The second kappa shape index (κ2) is 18.1. The number of ether oxygens (including phenoxy) is 1. The van der Waals surface area contributed by atoms with Gasteiger partial charge in [0.05, 0.1) is 18.2 Å². The predicted molar refractivity (Wildman–Crippen MR) is 151 cm³/mol. The molecule has 1 aliphatic heterocycles. The monoisotopic (exact) mass is 585 g/mol. The molecule has 0 unspecified atom stereocenters. The first-order valence-corrected chi connectivity index (χ1v) is 13.9. The molecular formula is C26H47N7O8. The minimum Gasteiger partial charge on any atom is -0.481 e. The number of nitrogens with one attached hydrogen (secondary N) is 3. The number of amides is 3. The number of piperidine rings is 1. The average molecular weight is 586 g/mol. The van der Waals surface area contributed by atoms with Crippen molar-refractivity contribution < 1.29 is 38.9 Å². The Kier molecular flexibility index (Phi) is 15.7. The molecule has 0 aliphatic carbocycles. The molecule has 5 atom stereocenters. The normalized spacial score (nSPS) is 19.1. The summed E-state index contributed by atoms with van der Waals surface area (Å²) in [5.41, 5.74) is 10.8. The Morgan fingerprint density at radius 1 is 1.05 bits per heavy atom. The third-order valence-corrected chi connectivity index (χ3v) is 6.91. The molecule has 1 rings (SSSR count). The van der Waals surface area contributed by atoms with Gasteiger partial charge in [-0.2, -0.15) is 0 Å². The van der Waals surface area contributed by atoms with Crippen LogP contribution >= 0.6 is 0 Å². The number of guanidine groups is 1. The lowest BCUT2D eigenvalue weighted by atomic mass is 9.93. The van der Waals surface area contributed by atoms with E-state index in [1.54, 1.807) is 7.05 Å². The highest BCUT2D eigenvalue weighted by molar-refractivity contribution is 5.90. The van der Waals surface area contributed by atoms with Crippen molar-refractivity contribution in [2.45, 2.75) is 95.5 Å². The Labute approximate surface area is 240 Å². The topological polar surface area (TPSA) is 239 Å². The molecule has 41 heavy (non-hydrogen) atoms. The van der Waals surface area contributed by atoms with Gasteiger partial charge in [-0.3, -0.25) is 24.2 Å². The number of hydrogen-bond acceptors (Lipinski definition) is 8. The first kappa shape index (κ1) is 35.6. The molecule has 1 heterocycles. The molecule has 0 aromatic rings. The van der Waals surface area contributed by atoms with Crippen molar-refractivity contribution in [3.8, 4) is 0 Å². The quantitative estimate of drug-likeness (QED) is 0.0584. The highest BCUT2D eigenvalue weighted by Gasteiger charge is 2.39. The van der Waals surface area contributed by atoms with Gasteiger partial charge in [-0.25, -0.2) is 4.79 Å². The predicted octanol–water partition coefficient (Wildman–Crippen LogP) is -1.01. The van der Waals surface area contributed by atoms with E-state index in [1.807, 2.05) is 13.8 Å². The maximum Gasteiger partial charge on any atom is 0.326 e. The number of likely N-dealkylation sites (tertiary alicyclic amines) is 1. The fourth-order valence-electron chi connectivity index (χ4n) is 4.84.